The van der Waals surface area contributed by atoms with Crippen LogP contribution >= 0.6 is 23.4 Å². The van der Waals surface area contributed by atoms with Crippen LogP contribution in [0, 0.1) is 19.7 Å². The summed E-state index contributed by atoms with van der Waals surface area (Å²) in [6.07, 6.45) is 3.53. The first kappa shape index (κ1) is 25.8. The summed E-state index contributed by atoms with van der Waals surface area (Å²) in [6.45, 7) is 3.94. The number of para-hydroxylation sites is 1. The molecule has 0 bridgehead atoms. The number of thioether (sulfide) groups is 1. The number of imide groups is 1. The van der Waals surface area contributed by atoms with Gasteiger partial charge in [0.1, 0.15) is 12.4 Å². The monoisotopic (exact) mass is 547 g/mol. The first-order valence-corrected chi connectivity index (χ1v) is 13.0. The molecule has 192 valence electrons. The quantitative estimate of drug-likeness (QED) is 0.270. The molecular weight excluding hydrogens is 525 g/mol. The molecule has 3 amide bonds. The molecule has 1 fully saturated rings. The Labute approximate surface area is 228 Å². The van der Waals surface area contributed by atoms with E-state index in [9.17, 15) is 18.8 Å². The molecule has 0 saturated carbocycles. The SMILES string of the molecule is Cc1ccc(NC(=O)CN2C(=O)S/C(=C\c3cn(Cc4ccc(F)cc4Cl)c4ccccc34)C2=O)cc1C. The van der Waals surface area contributed by atoms with Crippen LogP contribution < -0.4 is 5.32 Å². The predicted molar refractivity (Wildman–Crippen MR) is 150 cm³/mol. The highest BCUT2D eigenvalue weighted by molar-refractivity contribution is 8.18. The van der Waals surface area contributed by atoms with E-state index in [0.717, 1.165) is 49.8 Å². The van der Waals surface area contributed by atoms with Crippen molar-refractivity contribution >= 4 is 63.1 Å². The van der Waals surface area contributed by atoms with Crippen molar-refractivity contribution in [1.82, 2.24) is 9.47 Å². The summed E-state index contributed by atoms with van der Waals surface area (Å²) < 4.78 is 15.5. The Hall–Kier alpha value is -3.88. The number of amides is 3. The molecule has 0 unspecified atom stereocenters. The van der Waals surface area contributed by atoms with Crippen molar-refractivity contribution in [2.45, 2.75) is 20.4 Å². The molecular formula is C29H23ClFN3O3S. The van der Waals surface area contributed by atoms with E-state index in [1.54, 1.807) is 18.2 Å². The topological polar surface area (TPSA) is 71.4 Å². The zero-order valence-corrected chi connectivity index (χ0v) is 22.2. The maximum Gasteiger partial charge on any atom is 0.294 e. The van der Waals surface area contributed by atoms with Gasteiger partial charge >= 0.3 is 0 Å². The number of aryl methyl sites for hydroxylation is 2. The number of carbonyl (C=O) groups excluding carboxylic acids is 3. The van der Waals surface area contributed by atoms with Gasteiger partial charge in [-0.15, -0.1) is 0 Å². The van der Waals surface area contributed by atoms with Gasteiger partial charge in [0, 0.05) is 39.9 Å². The molecule has 0 radical (unpaired) electrons. The number of rotatable bonds is 6. The zero-order chi connectivity index (χ0) is 27.0. The van der Waals surface area contributed by atoms with Gasteiger partial charge in [-0.25, -0.2) is 4.39 Å². The predicted octanol–water partition coefficient (Wildman–Crippen LogP) is 6.77. The lowest BCUT2D eigenvalue weighted by molar-refractivity contribution is -0.127. The molecule has 0 aliphatic carbocycles. The summed E-state index contributed by atoms with van der Waals surface area (Å²) in [4.78, 5) is 39.5. The Morgan fingerprint density at radius 1 is 1.05 bits per heavy atom. The Kier molecular flexibility index (Phi) is 7.10. The van der Waals surface area contributed by atoms with E-state index < -0.39 is 22.9 Å². The van der Waals surface area contributed by atoms with E-state index in [4.69, 9.17) is 11.6 Å². The minimum atomic E-state index is -0.520. The van der Waals surface area contributed by atoms with Gasteiger partial charge in [0.2, 0.25) is 5.91 Å². The number of fused-ring (bicyclic) bond motifs is 1. The number of halogens is 2. The fourth-order valence-electron chi connectivity index (χ4n) is 4.30. The first-order chi connectivity index (χ1) is 18.2. The van der Waals surface area contributed by atoms with Crippen LogP contribution in [0.3, 0.4) is 0 Å². The van der Waals surface area contributed by atoms with E-state index in [1.165, 1.54) is 12.1 Å². The maximum atomic E-state index is 13.5. The van der Waals surface area contributed by atoms with Gasteiger partial charge in [0.25, 0.3) is 11.1 Å². The van der Waals surface area contributed by atoms with Crippen molar-refractivity contribution in [2.24, 2.45) is 0 Å². The first-order valence-electron chi connectivity index (χ1n) is 11.8. The summed E-state index contributed by atoms with van der Waals surface area (Å²) in [7, 11) is 0. The van der Waals surface area contributed by atoms with Crippen molar-refractivity contribution in [3.8, 4) is 0 Å². The van der Waals surface area contributed by atoms with Crippen LogP contribution in [0.25, 0.3) is 17.0 Å². The lowest BCUT2D eigenvalue weighted by Gasteiger charge is -2.13. The number of hydrogen-bond acceptors (Lipinski definition) is 4. The zero-order valence-electron chi connectivity index (χ0n) is 20.6. The summed E-state index contributed by atoms with van der Waals surface area (Å²) >= 11 is 7.05. The normalized spacial score (nSPS) is 14.6. The Morgan fingerprint density at radius 3 is 2.61 bits per heavy atom. The molecule has 1 saturated heterocycles. The Balaban J connectivity index is 1.37. The number of nitrogens with zero attached hydrogens (tertiary/aromatic N) is 2. The minimum Gasteiger partial charge on any atom is -0.342 e. The molecule has 5 rings (SSSR count). The number of aromatic nitrogens is 1. The van der Waals surface area contributed by atoms with Gasteiger partial charge in [-0.1, -0.05) is 41.9 Å². The van der Waals surface area contributed by atoms with E-state index in [1.807, 2.05) is 61.0 Å². The van der Waals surface area contributed by atoms with Crippen molar-refractivity contribution in [1.29, 1.82) is 0 Å². The van der Waals surface area contributed by atoms with Gasteiger partial charge in [-0.3, -0.25) is 19.3 Å². The lowest BCUT2D eigenvalue weighted by Crippen LogP contribution is -2.36. The Bertz CT molecular complexity index is 1650. The second kappa shape index (κ2) is 10.5. The largest absolute Gasteiger partial charge is 0.342 e. The highest BCUT2D eigenvalue weighted by atomic mass is 35.5. The number of hydrogen-bond donors (Lipinski definition) is 1. The van der Waals surface area contributed by atoms with Crippen LogP contribution in [0.5, 0.6) is 0 Å². The molecule has 1 aromatic heterocycles. The van der Waals surface area contributed by atoms with Crippen LogP contribution in [-0.2, 0) is 16.1 Å². The third kappa shape index (κ3) is 5.23. The number of carbonyl (C=O) groups is 3. The average Bonchev–Trinajstić information content (AvgIpc) is 3.35. The lowest BCUT2D eigenvalue weighted by atomic mass is 10.1. The molecule has 2 heterocycles. The molecule has 3 aromatic carbocycles. The van der Waals surface area contributed by atoms with Crippen molar-refractivity contribution in [3.63, 3.8) is 0 Å². The molecule has 38 heavy (non-hydrogen) atoms. The second-order valence-corrected chi connectivity index (χ2v) is 10.5. The maximum absolute atomic E-state index is 13.5. The molecule has 1 N–H and O–H groups in total. The second-order valence-electron chi connectivity index (χ2n) is 9.08. The van der Waals surface area contributed by atoms with Gasteiger partial charge < -0.3 is 9.88 Å². The van der Waals surface area contributed by atoms with Crippen molar-refractivity contribution in [2.75, 3.05) is 11.9 Å². The molecule has 9 heteroatoms. The van der Waals surface area contributed by atoms with Crippen LogP contribution in [0.2, 0.25) is 5.02 Å². The molecule has 0 spiro atoms. The van der Waals surface area contributed by atoms with Gasteiger partial charge in [-0.05, 0) is 78.7 Å². The summed E-state index contributed by atoms with van der Waals surface area (Å²) in [5.41, 5.74) is 5.11. The molecule has 1 aliphatic rings. The van der Waals surface area contributed by atoms with Crippen LogP contribution in [-0.4, -0.2) is 33.1 Å². The summed E-state index contributed by atoms with van der Waals surface area (Å²) in [5.74, 6) is -1.38. The number of benzene rings is 3. The van der Waals surface area contributed by atoms with Crippen LogP contribution in [0.1, 0.15) is 22.3 Å². The van der Waals surface area contributed by atoms with E-state index >= 15 is 0 Å². The van der Waals surface area contributed by atoms with E-state index in [-0.39, 0.29) is 11.4 Å². The van der Waals surface area contributed by atoms with Crippen molar-refractivity contribution in [3.05, 3.63) is 105 Å². The number of nitrogens with one attached hydrogen (secondary N) is 1. The summed E-state index contributed by atoms with van der Waals surface area (Å²) in [5, 5.41) is 3.45. The highest BCUT2D eigenvalue weighted by Crippen LogP contribution is 2.34. The number of anilines is 1. The van der Waals surface area contributed by atoms with Crippen LogP contribution in [0.4, 0.5) is 14.9 Å². The summed E-state index contributed by atoms with van der Waals surface area (Å²) in [6, 6.07) is 17.4. The van der Waals surface area contributed by atoms with Crippen LogP contribution in [0.15, 0.2) is 71.8 Å². The van der Waals surface area contributed by atoms with E-state index in [0.29, 0.717) is 17.3 Å². The van der Waals surface area contributed by atoms with Gasteiger partial charge in [-0.2, -0.15) is 0 Å². The highest BCUT2D eigenvalue weighted by Gasteiger charge is 2.36. The fraction of sp³-hybridized carbons (Fsp3) is 0.138. The third-order valence-electron chi connectivity index (χ3n) is 6.43. The third-order valence-corrected chi connectivity index (χ3v) is 7.69. The van der Waals surface area contributed by atoms with E-state index in [2.05, 4.69) is 5.32 Å². The average molecular weight is 548 g/mol. The molecule has 0 atom stereocenters. The van der Waals surface area contributed by atoms with Crippen molar-refractivity contribution < 1.29 is 18.8 Å². The molecule has 4 aromatic rings. The Morgan fingerprint density at radius 2 is 1.84 bits per heavy atom. The van der Waals surface area contributed by atoms with Gasteiger partial charge in [0.05, 0.1) is 4.91 Å². The smallest absolute Gasteiger partial charge is 0.294 e. The minimum absolute atomic E-state index is 0.233. The van der Waals surface area contributed by atoms with Gasteiger partial charge in [0.15, 0.2) is 0 Å². The standard InChI is InChI=1S/C29H23ClFN3O3S/c1-17-7-10-22(11-18(17)2)32-27(35)16-34-28(36)26(38-29(34)37)12-20-15-33(25-6-4-3-5-23(20)25)14-19-8-9-21(31)13-24(19)30/h3-13,15H,14,16H2,1-2H3,(H,32,35)/b26-12-. The fourth-order valence-corrected chi connectivity index (χ4v) is 5.35. The molecule has 6 nitrogen and oxygen atoms in total. The molecule has 1 aliphatic heterocycles.